The number of anilines is 3. The van der Waals surface area contributed by atoms with E-state index in [-0.39, 0.29) is 5.56 Å². The van der Waals surface area contributed by atoms with Crippen molar-refractivity contribution < 1.29 is 4.74 Å². The number of fused-ring (bicyclic) bond motifs is 1. The van der Waals surface area contributed by atoms with Crippen LogP contribution >= 0.6 is 0 Å². The van der Waals surface area contributed by atoms with Crippen LogP contribution in [0, 0.1) is 0 Å². The van der Waals surface area contributed by atoms with Gasteiger partial charge in [0.15, 0.2) is 5.82 Å². The molecule has 0 bridgehead atoms. The largest absolute Gasteiger partial charge is 0.378 e. The Bertz CT molecular complexity index is 1260. The summed E-state index contributed by atoms with van der Waals surface area (Å²) in [6, 6.07) is 17.9. The highest BCUT2D eigenvalue weighted by Gasteiger charge is 2.13. The van der Waals surface area contributed by atoms with E-state index in [1.165, 1.54) is 0 Å². The quantitative estimate of drug-likeness (QED) is 0.551. The lowest BCUT2D eigenvalue weighted by atomic mass is 10.1. The van der Waals surface area contributed by atoms with Crippen LogP contribution in [0.25, 0.3) is 22.2 Å². The van der Waals surface area contributed by atoms with Crippen LogP contribution in [0.2, 0.25) is 0 Å². The van der Waals surface area contributed by atoms with Crippen LogP contribution in [0.4, 0.5) is 17.2 Å². The number of nitrogens with zero attached hydrogens (tertiary/aromatic N) is 4. The zero-order valence-electron chi connectivity index (χ0n) is 17.3. The molecule has 3 heterocycles. The second kappa shape index (κ2) is 8.20. The number of aryl methyl sites for hydroxylation is 1. The van der Waals surface area contributed by atoms with Crippen LogP contribution in [0.3, 0.4) is 0 Å². The number of hydrogen-bond donors (Lipinski definition) is 1. The number of nitrogens with one attached hydrogen (secondary N) is 1. The molecule has 1 fully saturated rings. The van der Waals surface area contributed by atoms with Crippen molar-refractivity contribution >= 4 is 28.2 Å². The third-order valence-corrected chi connectivity index (χ3v) is 5.60. The predicted octanol–water partition coefficient (Wildman–Crippen LogP) is 3.58. The van der Waals surface area contributed by atoms with Gasteiger partial charge in [0.1, 0.15) is 0 Å². The summed E-state index contributed by atoms with van der Waals surface area (Å²) in [4.78, 5) is 23.9. The number of rotatable bonds is 4. The highest BCUT2D eigenvalue weighted by atomic mass is 16.5. The molecule has 0 saturated carbocycles. The number of morpholine rings is 1. The van der Waals surface area contributed by atoms with Crippen LogP contribution in [0.1, 0.15) is 0 Å². The van der Waals surface area contributed by atoms with Gasteiger partial charge in [0.25, 0.3) is 5.56 Å². The molecule has 5 rings (SSSR count). The van der Waals surface area contributed by atoms with Crippen molar-refractivity contribution in [2.24, 2.45) is 7.05 Å². The predicted molar refractivity (Wildman–Crippen MR) is 123 cm³/mol. The van der Waals surface area contributed by atoms with E-state index >= 15 is 0 Å². The molecule has 0 unspecified atom stereocenters. The van der Waals surface area contributed by atoms with E-state index in [9.17, 15) is 4.79 Å². The van der Waals surface area contributed by atoms with Gasteiger partial charge in [-0.1, -0.05) is 6.07 Å². The Morgan fingerprint density at radius 2 is 1.68 bits per heavy atom. The van der Waals surface area contributed by atoms with Crippen molar-refractivity contribution in [3.63, 3.8) is 0 Å². The van der Waals surface area contributed by atoms with Crippen LogP contribution in [-0.4, -0.2) is 40.8 Å². The zero-order valence-corrected chi connectivity index (χ0v) is 17.3. The topological polar surface area (TPSA) is 72.3 Å². The van der Waals surface area contributed by atoms with E-state index in [1.807, 2.05) is 42.5 Å². The Morgan fingerprint density at radius 1 is 0.935 bits per heavy atom. The molecule has 7 heteroatoms. The monoisotopic (exact) mass is 413 g/mol. The van der Waals surface area contributed by atoms with Gasteiger partial charge in [-0.2, -0.15) is 0 Å². The van der Waals surface area contributed by atoms with Crippen molar-refractivity contribution in [1.29, 1.82) is 0 Å². The maximum absolute atomic E-state index is 13.0. The van der Waals surface area contributed by atoms with E-state index in [0.717, 1.165) is 59.8 Å². The Kier molecular flexibility index (Phi) is 5.09. The normalized spacial score (nSPS) is 14.0. The minimum absolute atomic E-state index is 0.170. The van der Waals surface area contributed by atoms with E-state index in [2.05, 4.69) is 32.3 Å². The summed E-state index contributed by atoms with van der Waals surface area (Å²) in [6.45, 7) is 3.28. The van der Waals surface area contributed by atoms with Gasteiger partial charge in [-0.3, -0.25) is 9.78 Å². The third-order valence-electron chi connectivity index (χ3n) is 5.60. The number of hydrogen-bond acceptors (Lipinski definition) is 6. The highest BCUT2D eigenvalue weighted by molar-refractivity contribution is 5.83. The Balaban J connectivity index is 1.44. The molecule has 1 aliphatic heterocycles. The highest BCUT2D eigenvalue weighted by Crippen LogP contribution is 2.24. The molecule has 1 saturated heterocycles. The van der Waals surface area contributed by atoms with E-state index in [0.29, 0.717) is 5.82 Å². The van der Waals surface area contributed by atoms with Crippen LogP contribution in [0.5, 0.6) is 0 Å². The molecule has 1 aliphatic rings. The number of pyridine rings is 1. The Labute approximate surface area is 179 Å². The van der Waals surface area contributed by atoms with Crippen LogP contribution < -0.4 is 15.8 Å². The van der Waals surface area contributed by atoms with Crippen LogP contribution in [0.15, 0.2) is 71.8 Å². The van der Waals surface area contributed by atoms with Crippen LogP contribution in [-0.2, 0) is 11.8 Å². The average Bonchev–Trinajstić information content (AvgIpc) is 2.84. The molecule has 7 nitrogen and oxygen atoms in total. The molecule has 1 N–H and O–H groups in total. The van der Waals surface area contributed by atoms with Gasteiger partial charge in [-0.05, 0) is 59.7 Å². The second-order valence-corrected chi connectivity index (χ2v) is 7.54. The summed E-state index contributed by atoms with van der Waals surface area (Å²) in [5.41, 5.74) is 5.42. The lowest BCUT2D eigenvalue weighted by Crippen LogP contribution is -2.36. The molecule has 0 spiro atoms. The summed E-state index contributed by atoms with van der Waals surface area (Å²) >= 11 is 0. The van der Waals surface area contributed by atoms with Gasteiger partial charge in [-0.15, -0.1) is 0 Å². The van der Waals surface area contributed by atoms with E-state index in [4.69, 9.17) is 4.74 Å². The fraction of sp³-hybridized carbons (Fsp3) is 0.208. The summed E-state index contributed by atoms with van der Waals surface area (Å²) in [7, 11) is 1.77. The van der Waals surface area contributed by atoms with Crippen molar-refractivity contribution in [2.45, 2.75) is 0 Å². The molecule has 0 amide bonds. The van der Waals surface area contributed by atoms with Crippen molar-refractivity contribution in [3.8, 4) is 11.1 Å². The minimum atomic E-state index is -0.170. The van der Waals surface area contributed by atoms with Gasteiger partial charge < -0.3 is 19.5 Å². The SMILES string of the molecule is Cn1c(=O)c(Nc2ccc(N3CCOCC3)cc2)nc2ccc(-c3ccncc3)cc21. The molecule has 31 heavy (non-hydrogen) atoms. The number of aromatic nitrogens is 3. The number of benzene rings is 2. The maximum Gasteiger partial charge on any atom is 0.293 e. The fourth-order valence-electron chi connectivity index (χ4n) is 3.84. The maximum atomic E-state index is 13.0. The Morgan fingerprint density at radius 3 is 2.42 bits per heavy atom. The molecule has 2 aromatic heterocycles. The first-order valence-corrected chi connectivity index (χ1v) is 10.3. The van der Waals surface area contributed by atoms with Gasteiger partial charge >= 0.3 is 0 Å². The summed E-state index contributed by atoms with van der Waals surface area (Å²) in [5.74, 6) is 0.311. The van der Waals surface area contributed by atoms with E-state index in [1.54, 1.807) is 24.0 Å². The van der Waals surface area contributed by atoms with Crippen molar-refractivity contribution in [1.82, 2.24) is 14.5 Å². The van der Waals surface area contributed by atoms with Gasteiger partial charge in [0.05, 0.1) is 24.2 Å². The minimum Gasteiger partial charge on any atom is -0.378 e. The standard InChI is InChI=1S/C24H23N5O2/c1-28-22-16-18(17-8-10-25-11-9-17)2-7-21(22)27-23(24(28)30)26-19-3-5-20(6-4-19)29-12-14-31-15-13-29/h2-11,16H,12-15H2,1H3,(H,26,27). The van der Waals surface area contributed by atoms with Gasteiger partial charge in [0.2, 0.25) is 0 Å². The molecule has 4 aromatic rings. The molecule has 156 valence electrons. The molecule has 0 aliphatic carbocycles. The summed E-state index contributed by atoms with van der Waals surface area (Å²) in [6.07, 6.45) is 3.52. The first-order valence-electron chi connectivity index (χ1n) is 10.3. The first kappa shape index (κ1) is 19.3. The van der Waals surface area contributed by atoms with E-state index < -0.39 is 0 Å². The van der Waals surface area contributed by atoms with Gasteiger partial charge in [0, 0.05) is 43.9 Å². The van der Waals surface area contributed by atoms with Gasteiger partial charge in [-0.25, -0.2) is 4.98 Å². The molecule has 0 atom stereocenters. The fourth-order valence-corrected chi connectivity index (χ4v) is 3.84. The molecular formula is C24H23N5O2. The summed E-state index contributed by atoms with van der Waals surface area (Å²) in [5, 5.41) is 3.19. The molecular weight excluding hydrogens is 390 g/mol. The molecule has 2 aromatic carbocycles. The van der Waals surface area contributed by atoms with Crippen molar-refractivity contribution in [3.05, 3.63) is 77.3 Å². The summed E-state index contributed by atoms with van der Waals surface area (Å²) < 4.78 is 7.05. The zero-order chi connectivity index (χ0) is 21.2. The average molecular weight is 413 g/mol. The Hall–Kier alpha value is -3.71. The lowest BCUT2D eigenvalue weighted by molar-refractivity contribution is 0.122. The molecule has 0 radical (unpaired) electrons. The lowest BCUT2D eigenvalue weighted by Gasteiger charge is -2.28. The second-order valence-electron chi connectivity index (χ2n) is 7.54. The number of ether oxygens (including phenoxy) is 1. The first-order chi connectivity index (χ1) is 15.2. The van der Waals surface area contributed by atoms with Crippen molar-refractivity contribution in [2.75, 3.05) is 36.5 Å². The third kappa shape index (κ3) is 3.87. The smallest absolute Gasteiger partial charge is 0.293 e.